The molecular formula is C14H25N. The standard InChI is InChI=1S/C10H13N.2C2H6/c1-7-3-4-8(2)11-10(7)9-5-6-9;2*1-2/h3-4,9H,5-6H2,1-2H3;2*1-2H3. The number of rotatable bonds is 1. The van der Waals surface area contributed by atoms with E-state index in [9.17, 15) is 0 Å². The van der Waals surface area contributed by atoms with Gasteiger partial charge >= 0.3 is 0 Å². The summed E-state index contributed by atoms with van der Waals surface area (Å²) < 4.78 is 0. The van der Waals surface area contributed by atoms with E-state index in [0.717, 1.165) is 11.6 Å². The van der Waals surface area contributed by atoms with E-state index < -0.39 is 0 Å². The molecule has 1 aliphatic rings. The maximum atomic E-state index is 4.53. The lowest BCUT2D eigenvalue weighted by molar-refractivity contribution is 0.970. The van der Waals surface area contributed by atoms with E-state index in [0.29, 0.717) is 0 Å². The quantitative estimate of drug-likeness (QED) is 0.654. The van der Waals surface area contributed by atoms with E-state index in [-0.39, 0.29) is 0 Å². The van der Waals surface area contributed by atoms with Gasteiger partial charge in [0.15, 0.2) is 0 Å². The van der Waals surface area contributed by atoms with Crippen molar-refractivity contribution in [1.82, 2.24) is 4.98 Å². The van der Waals surface area contributed by atoms with Crippen molar-refractivity contribution < 1.29 is 0 Å². The third-order valence-corrected chi connectivity index (χ3v) is 2.24. The molecule has 0 aliphatic heterocycles. The number of hydrogen-bond acceptors (Lipinski definition) is 1. The van der Waals surface area contributed by atoms with Crippen LogP contribution in [0.2, 0.25) is 0 Å². The van der Waals surface area contributed by atoms with Crippen LogP contribution in [0.1, 0.15) is 63.4 Å². The fourth-order valence-electron chi connectivity index (χ4n) is 1.42. The molecule has 0 saturated heterocycles. The van der Waals surface area contributed by atoms with Crippen molar-refractivity contribution in [2.75, 3.05) is 0 Å². The smallest absolute Gasteiger partial charge is 0.0466 e. The summed E-state index contributed by atoms with van der Waals surface area (Å²) in [5, 5.41) is 0. The van der Waals surface area contributed by atoms with Crippen LogP contribution >= 0.6 is 0 Å². The highest BCUT2D eigenvalue weighted by atomic mass is 14.7. The van der Waals surface area contributed by atoms with Gasteiger partial charge in [0.2, 0.25) is 0 Å². The molecule has 1 aromatic rings. The molecule has 0 N–H and O–H groups in total. The van der Waals surface area contributed by atoms with Gasteiger partial charge in [-0.05, 0) is 38.3 Å². The van der Waals surface area contributed by atoms with E-state index in [4.69, 9.17) is 0 Å². The third kappa shape index (κ3) is 4.46. The summed E-state index contributed by atoms with van der Waals surface area (Å²) in [5.74, 6) is 0.787. The number of pyridine rings is 1. The van der Waals surface area contributed by atoms with Crippen LogP contribution in [0.25, 0.3) is 0 Å². The van der Waals surface area contributed by atoms with Crippen LogP contribution in [0.4, 0.5) is 0 Å². The predicted molar refractivity (Wildman–Crippen MR) is 68.4 cm³/mol. The van der Waals surface area contributed by atoms with Crippen LogP contribution in [0, 0.1) is 13.8 Å². The minimum Gasteiger partial charge on any atom is -0.258 e. The van der Waals surface area contributed by atoms with Gasteiger partial charge in [0, 0.05) is 17.3 Å². The van der Waals surface area contributed by atoms with Crippen LogP contribution < -0.4 is 0 Å². The molecule has 0 radical (unpaired) electrons. The molecule has 2 rings (SSSR count). The summed E-state index contributed by atoms with van der Waals surface area (Å²) in [6.07, 6.45) is 2.69. The summed E-state index contributed by atoms with van der Waals surface area (Å²) in [5.41, 5.74) is 3.85. The summed E-state index contributed by atoms with van der Waals surface area (Å²) in [6, 6.07) is 4.26. The van der Waals surface area contributed by atoms with Gasteiger partial charge in [-0.2, -0.15) is 0 Å². The molecule has 1 aliphatic carbocycles. The molecule has 1 fully saturated rings. The van der Waals surface area contributed by atoms with Crippen LogP contribution in [-0.2, 0) is 0 Å². The second-order valence-electron chi connectivity index (χ2n) is 3.43. The van der Waals surface area contributed by atoms with Crippen LogP contribution in [0.3, 0.4) is 0 Å². The highest BCUT2D eigenvalue weighted by Gasteiger charge is 2.26. The highest BCUT2D eigenvalue weighted by Crippen LogP contribution is 2.40. The Hall–Kier alpha value is -0.850. The fraction of sp³-hybridized carbons (Fsp3) is 0.643. The Kier molecular flexibility index (Phi) is 7.02. The Morgan fingerprint density at radius 2 is 1.53 bits per heavy atom. The molecule has 86 valence electrons. The van der Waals surface area contributed by atoms with Gasteiger partial charge in [-0.15, -0.1) is 0 Å². The molecule has 0 aromatic carbocycles. The Balaban J connectivity index is 0.000000442. The van der Waals surface area contributed by atoms with Gasteiger partial charge in [-0.1, -0.05) is 33.8 Å². The second-order valence-corrected chi connectivity index (χ2v) is 3.43. The van der Waals surface area contributed by atoms with Gasteiger partial charge in [0.05, 0.1) is 0 Å². The molecule has 0 amide bonds. The molecule has 1 heteroatoms. The zero-order valence-electron chi connectivity index (χ0n) is 11.1. The van der Waals surface area contributed by atoms with Crippen molar-refractivity contribution in [1.29, 1.82) is 0 Å². The normalized spacial score (nSPS) is 13.2. The van der Waals surface area contributed by atoms with Crippen LogP contribution in [0.15, 0.2) is 12.1 Å². The fourth-order valence-corrected chi connectivity index (χ4v) is 1.42. The minimum atomic E-state index is 0.787. The first-order valence-electron chi connectivity index (χ1n) is 6.21. The van der Waals surface area contributed by atoms with Gasteiger partial charge in [0.1, 0.15) is 0 Å². The number of aromatic nitrogens is 1. The lowest BCUT2D eigenvalue weighted by Crippen LogP contribution is -1.92. The molecule has 0 unspecified atom stereocenters. The van der Waals surface area contributed by atoms with E-state index in [1.807, 2.05) is 27.7 Å². The molecule has 0 bridgehead atoms. The molecule has 1 saturated carbocycles. The van der Waals surface area contributed by atoms with Gasteiger partial charge in [-0.25, -0.2) is 0 Å². The van der Waals surface area contributed by atoms with Crippen LogP contribution in [-0.4, -0.2) is 4.98 Å². The van der Waals surface area contributed by atoms with E-state index in [1.165, 1.54) is 24.1 Å². The van der Waals surface area contributed by atoms with E-state index in [2.05, 4.69) is 31.0 Å². The lowest BCUT2D eigenvalue weighted by atomic mass is 10.1. The first kappa shape index (κ1) is 14.2. The van der Waals surface area contributed by atoms with Crippen molar-refractivity contribution in [3.63, 3.8) is 0 Å². The molecule has 0 atom stereocenters. The summed E-state index contributed by atoms with van der Waals surface area (Å²) >= 11 is 0. The van der Waals surface area contributed by atoms with E-state index >= 15 is 0 Å². The first-order valence-corrected chi connectivity index (χ1v) is 6.21. The Labute approximate surface area is 94.9 Å². The van der Waals surface area contributed by atoms with Gasteiger partial charge in [-0.3, -0.25) is 4.98 Å². The summed E-state index contributed by atoms with van der Waals surface area (Å²) in [7, 11) is 0. The first-order chi connectivity index (χ1) is 7.27. The number of nitrogens with zero attached hydrogens (tertiary/aromatic N) is 1. The van der Waals surface area contributed by atoms with Crippen molar-refractivity contribution in [3.8, 4) is 0 Å². The van der Waals surface area contributed by atoms with Crippen molar-refractivity contribution in [3.05, 3.63) is 29.1 Å². The maximum absolute atomic E-state index is 4.53. The number of hydrogen-bond donors (Lipinski definition) is 0. The largest absolute Gasteiger partial charge is 0.258 e. The number of aryl methyl sites for hydroxylation is 2. The SMILES string of the molecule is CC.CC.Cc1ccc(C)c(C2CC2)n1. The topological polar surface area (TPSA) is 12.9 Å². The Bertz CT molecular complexity index is 275. The monoisotopic (exact) mass is 207 g/mol. The maximum Gasteiger partial charge on any atom is 0.0466 e. The molecule has 0 spiro atoms. The summed E-state index contributed by atoms with van der Waals surface area (Å²) in [4.78, 5) is 4.53. The average molecular weight is 207 g/mol. The predicted octanol–water partition coefficient (Wildman–Crippen LogP) is 4.63. The molecule has 1 aromatic heterocycles. The average Bonchev–Trinajstić information content (AvgIpc) is 3.11. The summed E-state index contributed by atoms with van der Waals surface area (Å²) in [6.45, 7) is 12.2. The zero-order chi connectivity index (χ0) is 11.8. The molecule has 1 heterocycles. The molecule has 15 heavy (non-hydrogen) atoms. The van der Waals surface area contributed by atoms with Gasteiger partial charge < -0.3 is 0 Å². The van der Waals surface area contributed by atoms with E-state index in [1.54, 1.807) is 0 Å². The highest BCUT2D eigenvalue weighted by molar-refractivity contribution is 5.27. The van der Waals surface area contributed by atoms with Crippen molar-refractivity contribution in [2.45, 2.75) is 60.3 Å². The zero-order valence-corrected chi connectivity index (χ0v) is 11.1. The third-order valence-electron chi connectivity index (χ3n) is 2.24. The van der Waals surface area contributed by atoms with Crippen molar-refractivity contribution in [2.24, 2.45) is 0 Å². The van der Waals surface area contributed by atoms with Crippen molar-refractivity contribution >= 4 is 0 Å². The Morgan fingerprint density at radius 3 is 2.00 bits per heavy atom. The van der Waals surface area contributed by atoms with Gasteiger partial charge in [0.25, 0.3) is 0 Å². The second kappa shape index (κ2) is 7.44. The Morgan fingerprint density at radius 1 is 1.00 bits per heavy atom. The lowest BCUT2D eigenvalue weighted by Gasteiger charge is -2.02. The minimum absolute atomic E-state index is 0.787. The molecule has 1 nitrogen and oxygen atoms in total. The van der Waals surface area contributed by atoms with Crippen LogP contribution in [0.5, 0.6) is 0 Å². The molecular weight excluding hydrogens is 182 g/mol.